The van der Waals surface area contributed by atoms with Gasteiger partial charge >= 0.3 is 81.5 Å². The monoisotopic (exact) mass is 173 g/mol. The summed E-state index contributed by atoms with van der Waals surface area (Å²) in [5.41, 5.74) is 0. The topological polar surface area (TPSA) is 0 Å². The minimum Gasteiger partial charge on any atom is 0.316 e. The van der Waals surface area contributed by atoms with Crippen molar-refractivity contribution in [2.24, 2.45) is 0 Å². The Labute approximate surface area is 105 Å². The number of hydrogen-bond donors (Lipinski definition) is 0. The van der Waals surface area contributed by atoms with Crippen molar-refractivity contribution in [3.63, 3.8) is 0 Å². The summed E-state index contributed by atoms with van der Waals surface area (Å²) in [5, 5.41) is 0. The molecule has 0 unspecified atom stereocenters. The minimum absolute atomic E-state index is 0. The average molecular weight is 175 g/mol. The van der Waals surface area contributed by atoms with E-state index in [-0.39, 0.29) is 66.7 Å². The molecule has 0 aliphatic carbocycles. The second-order valence-corrected chi connectivity index (χ2v) is 3.03. The van der Waals surface area contributed by atoms with Gasteiger partial charge in [-0.25, -0.2) is 0 Å². The van der Waals surface area contributed by atoms with E-state index in [1.165, 1.54) is 0 Å². The largest absolute Gasteiger partial charge is 0.316 e. The summed E-state index contributed by atoms with van der Waals surface area (Å²) < 4.78 is 0.861. The van der Waals surface area contributed by atoms with Gasteiger partial charge in [0.1, 0.15) is 0 Å². The maximum atomic E-state index is 2.18. The van der Waals surface area contributed by atoms with Crippen molar-refractivity contribution < 1.29 is 0 Å². The number of rotatable bonds is 0. The van der Waals surface area contributed by atoms with E-state index >= 15 is 0 Å². The van der Waals surface area contributed by atoms with Crippen molar-refractivity contribution >= 4 is 88.4 Å². The van der Waals surface area contributed by atoms with E-state index < -0.39 is 0 Å². The molecule has 5 heteroatoms. The third kappa shape index (κ3) is 70.5. The summed E-state index contributed by atoms with van der Waals surface area (Å²) in [6.07, 6.45) is 0. The van der Waals surface area contributed by atoms with Crippen molar-refractivity contribution in [2.75, 3.05) is 0 Å². The van der Waals surface area contributed by atoms with Crippen LogP contribution in [0.15, 0.2) is 0 Å². The molecule has 0 heterocycles. The van der Waals surface area contributed by atoms with Gasteiger partial charge in [0.05, 0.1) is 0 Å². The fourth-order valence-corrected chi connectivity index (χ4v) is 0. The van der Waals surface area contributed by atoms with Crippen molar-refractivity contribution in [3.05, 3.63) is 0 Å². The smallest absolute Gasteiger partial charge is 0.316 e. The van der Waals surface area contributed by atoms with Crippen molar-refractivity contribution in [3.8, 4) is 0 Å². The molecule has 0 aromatic rings. The van der Waals surface area contributed by atoms with Gasteiger partial charge in [0, 0.05) is 0 Å². The number of halogens is 2. The van der Waals surface area contributed by atoms with Gasteiger partial charge in [-0.3, -0.25) is 0 Å². The van der Waals surface area contributed by atoms with Gasteiger partial charge in [-0.2, -0.15) is 0 Å². The Morgan fingerprint density at radius 3 is 1.12 bits per heavy atom. The molecule has 0 radical (unpaired) electrons. The Hall–Kier alpha value is 2.71. The van der Waals surface area contributed by atoms with Crippen LogP contribution in [0.25, 0.3) is 0 Å². The molecule has 0 aromatic heterocycles. The molecular weight excluding hydrogens is 162 g/mol. The van der Waals surface area contributed by atoms with Crippen LogP contribution in [0, 0.1) is 0 Å². The van der Waals surface area contributed by atoms with Crippen LogP contribution in [0.2, 0.25) is 4.05 Å². The summed E-state index contributed by atoms with van der Waals surface area (Å²) in [5.74, 6) is 0. The van der Waals surface area contributed by atoms with Crippen LogP contribution >= 0.6 is 24.8 Å². The molecule has 0 fully saturated rings. The quantitative estimate of drug-likeness (QED) is 0.463. The Bertz CT molecular complexity index is 20.0. The standard InChI is InChI=1S/C3H7.2ClH.Li.2Mg.3H/c1-3-2;;;;;;;;/h3H,1-2H3;2*1H;;;;;;/q;;;;;+1;;;. The third-order valence-corrected chi connectivity index (χ3v) is 0. The van der Waals surface area contributed by atoms with Gasteiger partial charge in [-0.1, -0.05) is 0 Å². The van der Waals surface area contributed by atoms with Crippen LogP contribution in [-0.2, 0) is 0 Å². The van der Waals surface area contributed by atoms with Crippen LogP contribution in [0.1, 0.15) is 13.8 Å². The number of hydrogen-bond acceptors (Lipinski definition) is 0. The molecule has 0 saturated carbocycles. The van der Waals surface area contributed by atoms with Crippen LogP contribution in [0.4, 0.5) is 0 Å². The predicted octanol–water partition coefficient (Wildman–Crippen LogP) is 0.262. The van der Waals surface area contributed by atoms with Crippen molar-refractivity contribution in [1.82, 2.24) is 0 Å². The van der Waals surface area contributed by atoms with Crippen LogP contribution in [0.3, 0.4) is 0 Å². The van der Waals surface area contributed by atoms with Crippen LogP contribution in [0.5, 0.6) is 0 Å². The van der Waals surface area contributed by atoms with Gasteiger partial charge in [-0.05, 0) is 0 Å². The fourth-order valence-electron chi connectivity index (χ4n) is 0. The molecular formula is C3H12Cl2LiMg2+. The molecule has 0 nitrogen and oxygen atoms in total. The van der Waals surface area contributed by atoms with E-state index in [0.717, 1.165) is 4.05 Å². The normalized spacial score (nSPS) is 4.62. The van der Waals surface area contributed by atoms with Crippen LogP contribution < -0.4 is 0 Å². The summed E-state index contributed by atoms with van der Waals surface area (Å²) in [4.78, 5) is 0. The molecule has 0 N–H and O–H groups in total. The minimum atomic E-state index is 0. The maximum Gasteiger partial charge on any atom is 0.316 e. The summed E-state index contributed by atoms with van der Waals surface area (Å²) in [7, 11) is 0. The first kappa shape index (κ1) is 31.0. The third-order valence-electron chi connectivity index (χ3n) is 0. The van der Waals surface area contributed by atoms with E-state index in [1.807, 2.05) is 21.7 Å². The summed E-state index contributed by atoms with van der Waals surface area (Å²) >= 11 is 2.00. The predicted molar refractivity (Wildman–Crippen MR) is 51.0 cm³/mol. The zero-order valence-corrected chi connectivity index (χ0v) is 7.15. The molecule has 42 valence electrons. The van der Waals surface area contributed by atoms with Crippen LogP contribution in [-0.4, -0.2) is 63.6 Å². The van der Waals surface area contributed by atoms with Crippen molar-refractivity contribution in [1.29, 1.82) is 0 Å². The summed E-state index contributed by atoms with van der Waals surface area (Å²) in [6.45, 7) is 4.36. The Morgan fingerprint density at radius 2 is 1.12 bits per heavy atom. The van der Waals surface area contributed by atoms with E-state index in [4.69, 9.17) is 0 Å². The average Bonchev–Trinajstić information content (AvgIpc) is 0.811. The van der Waals surface area contributed by atoms with E-state index in [9.17, 15) is 0 Å². The van der Waals surface area contributed by atoms with Gasteiger partial charge in [0.25, 0.3) is 0 Å². The van der Waals surface area contributed by atoms with Gasteiger partial charge in [0.2, 0.25) is 0 Å². The maximum absolute atomic E-state index is 2.18. The second-order valence-electron chi connectivity index (χ2n) is 1.39. The molecule has 0 bridgehead atoms. The molecule has 0 aliphatic heterocycles. The molecule has 0 atom stereocenters. The SMILES string of the molecule is C[CH](C)[Mg+].Cl.Cl.[LiH].[MgH2]. The Morgan fingerprint density at radius 1 is 1.12 bits per heavy atom. The second kappa shape index (κ2) is 22.6. The van der Waals surface area contributed by atoms with Gasteiger partial charge in [0.15, 0.2) is 0 Å². The molecule has 0 saturated heterocycles. The Balaban J connectivity index is -0.00000000750. The van der Waals surface area contributed by atoms with Gasteiger partial charge in [-0.15, -0.1) is 24.8 Å². The first-order chi connectivity index (χ1) is 1.73. The zero-order valence-electron chi connectivity index (χ0n) is 4.10. The first-order valence-electron chi connectivity index (χ1n) is 1.56. The fraction of sp³-hybridized carbons (Fsp3) is 1.00. The zero-order chi connectivity index (χ0) is 3.58. The molecule has 0 aliphatic rings. The molecule has 0 rings (SSSR count). The van der Waals surface area contributed by atoms with E-state index in [0.29, 0.717) is 0 Å². The summed E-state index contributed by atoms with van der Waals surface area (Å²) in [6, 6.07) is 0. The van der Waals surface area contributed by atoms with E-state index in [2.05, 4.69) is 13.8 Å². The Kier molecular flexibility index (Phi) is 87.5. The van der Waals surface area contributed by atoms with E-state index in [1.54, 1.807) is 0 Å². The molecule has 0 spiro atoms. The molecule has 0 amide bonds. The van der Waals surface area contributed by atoms with Crippen molar-refractivity contribution in [2.45, 2.75) is 17.9 Å². The van der Waals surface area contributed by atoms with Gasteiger partial charge < -0.3 is 0 Å². The molecule has 0 aromatic carbocycles. The first-order valence-corrected chi connectivity index (χ1v) is 2.38. The molecule has 8 heavy (non-hydrogen) atoms.